The van der Waals surface area contributed by atoms with Crippen molar-refractivity contribution in [2.45, 2.75) is 53.4 Å². The molecule has 118 valence electrons. The van der Waals surface area contributed by atoms with Gasteiger partial charge in [-0.15, -0.1) is 0 Å². The maximum atomic E-state index is 5.81. The molecule has 0 radical (unpaired) electrons. The number of ether oxygens (including phenoxy) is 1. The smallest absolute Gasteiger partial charge is 0.191 e. The summed E-state index contributed by atoms with van der Waals surface area (Å²) < 4.78 is 5.81. The lowest BCUT2D eigenvalue weighted by atomic mass is 10.1. The van der Waals surface area contributed by atoms with Gasteiger partial charge in [-0.05, 0) is 45.7 Å². The minimum Gasteiger partial charge on any atom is -0.371 e. The van der Waals surface area contributed by atoms with Crippen LogP contribution in [0.4, 0.5) is 0 Å². The van der Waals surface area contributed by atoms with Crippen molar-refractivity contribution in [3.63, 3.8) is 0 Å². The van der Waals surface area contributed by atoms with Crippen LogP contribution in [0.25, 0.3) is 0 Å². The van der Waals surface area contributed by atoms with Crippen LogP contribution in [0, 0.1) is 0 Å². The van der Waals surface area contributed by atoms with Gasteiger partial charge >= 0.3 is 0 Å². The molecule has 0 aliphatic rings. The highest BCUT2D eigenvalue weighted by molar-refractivity contribution is 5.79. The Morgan fingerprint density at radius 2 is 1.71 bits per heavy atom. The molecular formula is C17H29N3O. The Morgan fingerprint density at radius 3 is 2.29 bits per heavy atom. The standard InChI is InChI=1S/C17H29N3O/c1-6-18-16(19-7-2)20-12-14-9-8-10-15(11-14)13-21-17(3,4)5/h8-11H,6-7,12-13H2,1-5H3,(H2,18,19,20). The van der Waals surface area contributed by atoms with Crippen molar-refractivity contribution in [3.8, 4) is 0 Å². The SMILES string of the molecule is CCNC(=NCc1cccc(COC(C)(C)C)c1)NCC. The molecule has 2 N–H and O–H groups in total. The number of hydrogen-bond donors (Lipinski definition) is 2. The minimum absolute atomic E-state index is 0.114. The first-order valence-corrected chi connectivity index (χ1v) is 7.68. The molecule has 1 aromatic rings. The monoisotopic (exact) mass is 291 g/mol. The molecule has 0 amide bonds. The third-order valence-electron chi connectivity index (χ3n) is 2.77. The van der Waals surface area contributed by atoms with Gasteiger partial charge in [0.25, 0.3) is 0 Å². The molecule has 4 nitrogen and oxygen atoms in total. The summed E-state index contributed by atoms with van der Waals surface area (Å²) in [4.78, 5) is 4.58. The molecule has 1 aromatic carbocycles. The van der Waals surface area contributed by atoms with Gasteiger partial charge in [-0.2, -0.15) is 0 Å². The van der Waals surface area contributed by atoms with E-state index in [2.05, 4.69) is 74.5 Å². The summed E-state index contributed by atoms with van der Waals surface area (Å²) in [5.74, 6) is 0.858. The summed E-state index contributed by atoms with van der Waals surface area (Å²) >= 11 is 0. The van der Waals surface area contributed by atoms with Gasteiger partial charge in [0, 0.05) is 13.1 Å². The molecule has 0 spiro atoms. The average Bonchev–Trinajstić information content (AvgIpc) is 2.43. The quantitative estimate of drug-likeness (QED) is 0.625. The Hall–Kier alpha value is -1.55. The van der Waals surface area contributed by atoms with Crippen molar-refractivity contribution < 1.29 is 4.74 Å². The van der Waals surface area contributed by atoms with E-state index in [9.17, 15) is 0 Å². The van der Waals surface area contributed by atoms with Crippen molar-refractivity contribution in [1.29, 1.82) is 0 Å². The van der Waals surface area contributed by atoms with Crippen LogP contribution in [0.2, 0.25) is 0 Å². The second kappa shape index (κ2) is 8.67. The van der Waals surface area contributed by atoms with E-state index >= 15 is 0 Å². The normalized spacial score (nSPS) is 11.1. The molecule has 0 aliphatic carbocycles. The van der Waals surface area contributed by atoms with Crippen molar-refractivity contribution in [3.05, 3.63) is 35.4 Å². The van der Waals surface area contributed by atoms with Gasteiger partial charge in [0.15, 0.2) is 5.96 Å². The van der Waals surface area contributed by atoms with Crippen molar-refractivity contribution in [1.82, 2.24) is 10.6 Å². The number of rotatable bonds is 6. The van der Waals surface area contributed by atoms with Gasteiger partial charge in [0.2, 0.25) is 0 Å². The number of aliphatic imine (C=N–C) groups is 1. The molecular weight excluding hydrogens is 262 g/mol. The maximum Gasteiger partial charge on any atom is 0.191 e. The fourth-order valence-corrected chi connectivity index (χ4v) is 1.80. The lowest BCUT2D eigenvalue weighted by Crippen LogP contribution is -2.36. The Kier molecular flexibility index (Phi) is 7.23. The van der Waals surface area contributed by atoms with Gasteiger partial charge in [0.05, 0.1) is 18.8 Å². The highest BCUT2D eigenvalue weighted by atomic mass is 16.5. The van der Waals surface area contributed by atoms with E-state index in [1.807, 2.05) is 0 Å². The van der Waals surface area contributed by atoms with Crippen LogP contribution in [-0.4, -0.2) is 24.7 Å². The zero-order valence-electron chi connectivity index (χ0n) is 14.0. The summed E-state index contributed by atoms with van der Waals surface area (Å²) in [5.41, 5.74) is 2.27. The Labute approximate surface area is 129 Å². The molecule has 0 saturated heterocycles. The van der Waals surface area contributed by atoms with E-state index in [-0.39, 0.29) is 5.60 Å². The third-order valence-corrected chi connectivity index (χ3v) is 2.77. The first-order valence-electron chi connectivity index (χ1n) is 7.68. The highest BCUT2D eigenvalue weighted by Gasteiger charge is 2.10. The summed E-state index contributed by atoms with van der Waals surface area (Å²) in [7, 11) is 0. The van der Waals surface area contributed by atoms with Crippen LogP contribution < -0.4 is 10.6 Å². The van der Waals surface area contributed by atoms with Gasteiger partial charge in [0.1, 0.15) is 0 Å². The number of hydrogen-bond acceptors (Lipinski definition) is 2. The number of nitrogens with zero attached hydrogens (tertiary/aromatic N) is 1. The molecule has 0 fully saturated rings. The first kappa shape index (κ1) is 17.5. The zero-order chi connectivity index (χ0) is 15.7. The molecule has 0 heterocycles. The van der Waals surface area contributed by atoms with Gasteiger partial charge in [-0.1, -0.05) is 24.3 Å². The maximum absolute atomic E-state index is 5.81. The van der Waals surface area contributed by atoms with E-state index in [0.717, 1.165) is 19.0 Å². The summed E-state index contributed by atoms with van der Waals surface area (Å²) in [6, 6.07) is 8.41. The van der Waals surface area contributed by atoms with E-state index in [0.29, 0.717) is 13.2 Å². The second-order valence-electron chi connectivity index (χ2n) is 5.95. The Bertz CT molecular complexity index is 442. The molecule has 0 aromatic heterocycles. The minimum atomic E-state index is -0.114. The average molecular weight is 291 g/mol. The molecule has 0 aliphatic heterocycles. The number of benzene rings is 1. The van der Waals surface area contributed by atoms with Crippen LogP contribution in [0.15, 0.2) is 29.3 Å². The van der Waals surface area contributed by atoms with Crippen molar-refractivity contribution in [2.75, 3.05) is 13.1 Å². The summed E-state index contributed by atoms with van der Waals surface area (Å²) in [5, 5.41) is 6.46. The van der Waals surface area contributed by atoms with Gasteiger partial charge in [-0.25, -0.2) is 4.99 Å². The van der Waals surface area contributed by atoms with Crippen LogP contribution in [0.5, 0.6) is 0 Å². The fourth-order valence-electron chi connectivity index (χ4n) is 1.80. The predicted octanol–water partition coefficient (Wildman–Crippen LogP) is 3.08. The predicted molar refractivity (Wildman–Crippen MR) is 89.5 cm³/mol. The Morgan fingerprint density at radius 1 is 1.10 bits per heavy atom. The van der Waals surface area contributed by atoms with E-state index in [4.69, 9.17) is 4.74 Å². The molecule has 0 saturated carbocycles. The molecule has 0 bridgehead atoms. The van der Waals surface area contributed by atoms with Crippen LogP contribution in [0.3, 0.4) is 0 Å². The van der Waals surface area contributed by atoms with E-state index < -0.39 is 0 Å². The molecule has 1 rings (SSSR count). The fraction of sp³-hybridized carbons (Fsp3) is 0.588. The lowest BCUT2D eigenvalue weighted by Gasteiger charge is -2.19. The highest BCUT2D eigenvalue weighted by Crippen LogP contribution is 2.13. The summed E-state index contributed by atoms with van der Waals surface area (Å²) in [6.07, 6.45) is 0. The van der Waals surface area contributed by atoms with Crippen molar-refractivity contribution >= 4 is 5.96 Å². The topological polar surface area (TPSA) is 45.7 Å². The van der Waals surface area contributed by atoms with Gasteiger partial charge in [-0.3, -0.25) is 0 Å². The van der Waals surface area contributed by atoms with Crippen LogP contribution in [-0.2, 0) is 17.9 Å². The van der Waals surface area contributed by atoms with Crippen LogP contribution in [0.1, 0.15) is 45.7 Å². The Balaban J connectivity index is 2.65. The zero-order valence-corrected chi connectivity index (χ0v) is 14.0. The second-order valence-corrected chi connectivity index (χ2v) is 5.95. The van der Waals surface area contributed by atoms with Crippen LogP contribution >= 0.6 is 0 Å². The molecule has 0 atom stereocenters. The molecule has 4 heteroatoms. The van der Waals surface area contributed by atoms with Gasteiger partial charge < -0.3 is 15.4 Å². The van der Waals surface area contributed by atoms with E-state index in [1.54, 1.807) is 0 Å². The summed E-state index contributed by atoms with van der Waals surface area (Å²) in [6.45, 7) is 13.4. The number of guanidine groups is 1. The third kappa shape index (κ3) is 7.71. The van der Waals surface area contributed by atoms with Crippen molar-refractivity contribution in [2.24, 2.45) is 4.99 Å². The first-order chi connectivity index (χ1) is 9.94. The van der Waals surface area contributed by atoms with E-state index in [1.165, 1.54) is 11.1 Å². The lowest BCUT2D eigenvalue weighted by molar-refractivity contribution is -0.0149. The number of nitrogens with one attached hydrogen (secondary N) is 2. The molecule has 21 heavy (non-hydrogen) atoms. The largest absolute Gasteiger partial charge is 0.371 e. The molecule has 0 unspecified atom stereocenters.